The van der Waals surface area contributed by atoms with Crippen LogP contribution in [-0.2, 0) is 11.3 Å². The summed E-state index contributed by atoms with van der Waals surface area (Å²) in [5.41, 5.74) is 1.12. The summed E-state index contributed by atoms with van der Waals surface area (Å²) in [5, 5.41) is 6.06. The van der Waals surface area contributed by atoms with E-state index in [9.17, 15) is 9.59 Å². The van der Waals surface area contributed by atoms with E-state index in [1.807, 2.05) is 49.3 Å². The van der Waals surface area contributed by atoms with Gasteiger partial charge >= 0.3 is 6.03 Å². The molecule has 1 aliphatic heterocycles. The van der Waals surface area contributed by atoms with E-state index in [4.69, 9.17) is 0 Å². The molecule has 6 nitrogen and oxygen atoms in total. The normalized spacial score (nSPS) is 15.0. The number of urea groups is 1. The van der Waals surface area contributed by atoms with Crippen molar-refractivity contribution in [2.24, 2.45) is 5.92 Å². The first-order valence-corrected chi connectivity index (χ1v) is 9.08. The maximum Gasteiger partial charge on any atom is 0.320 e. The lowest BCUT2D eigenvalue weighted by Gasteiger charge is -2.34. The Labute approximate surface area is 150 Å². The monoisotopic (exact) mass is 346 g/mol. The molecule has 6 heteroatoms. The minimum atomic E-state index is 0.0260. The average molecular weight is 346 g/mol. The second-order valence-corrected chi connectivity index (χ2v) is 6.63. The highest BCUT2D eigenvalue weighted by molar-refractivity contribution is 5.79. The highest BCUT2D eigenvalue weighted by Gasteiger charge is 2.28. The standard InChI is InChI=1S/C19H30N4O2/c1-20-11-6-12-21-18(24)17-9-13-23(14-10-17)19(25)22(2)15-16-7-4-3-5-8-16/h3-5,7-8,17,20H,6,9-15H2,1-2H3,(H,21,24). The van der Waals surface area contributed by atoms with Gasteiger partial charge in [0.15, 0.2) is 0 Å². The third-order valence-electron chi connectivity index (χ3n) is 4.63. The van der Waals surface area contributed by atoms with Gasteiger partial charge in [0.1, 0.15) is 0 Å². The lowest BCUT2D eigenvalue weighted by atomic mass is 9.96. The van der Waals surface area contributed by atoms with Gasteiger partial charge in [-0.25, -0.2) is 4.79 Å². The van der Waals surface area contributed by atoms with Crippen LogP contribution in [0.15, 0.2) is 30.3 Å². The number of rotatable bonds is 7. The second kappa shape index (κ2) is 10.0. The highest BCUT2D eigenvalue weighted by Crippen LogP contribution is 2.19. The molecule has 0 unspecified atom stereocenters. The molecule has 1 saturated heterocycles. The fourth-order valence-electron chi connectivity index (χ4n) is 3.12. The van der Waals surface area contributed by atoms with E-state index in [2.05, 4.69) is 10.6 Å². The van der Waals surface area contributed by atoms with Crippen LogP contribution < -0.4 is 10.6 Å². The molecule has 1 heterocycles. The van der Waals surface area contributed by atoms with Crippen molar-refractivity contribution in [2.75, 3.05) is 40.3 Å². The first-order chi connectivity index (χ1) is 12.1. The van der Waals surface area contributed by atoms with Crippen LogP contribution in [0, 0.1) is 5.92 Å². The number of amides is 3. The number of carbonyl (C=O) groups excluding carboxylic acids is 2. The number of likely N-dealkylation sites (tertiary alicyclic amines) is 1. The van der Waals surface area contributed by atoms with Gasteiger partial charge in [-0.3, -0.25) is 4.79 Å². The Morgan fingerprint density at radius 1 is 1.16 bits per heavy atom. The number of carbonyl (C=O) groups is 2. The van der Waals surface area contributed by atoms with Crippen molar-refractivity contribution in [1.29, 1.82) is 0 Å². The molecular formula is C19H30N4O2. The first-order valence-electron chi connectivity index (χ1n) is 9.08. The zero-order chi connectivity index (χ0) is 18.1. The first kappa shape index (κ1) is 19.2. The third kappa shape index (κ3) is 6.05. The molecule has 1 aliphatic rings. The Hall–Kier alpha value is -2.08. The number of nitrogens with zero attached hydrogens (tertiary/aromatic N) is 2. The van der Waals surface area contributed by atoms with E-state index in [1.54, 1.807) is 4.90 Å². The average Bonchev–Trinajstić information content (AvgIpc) is 2.65. The summed E-state index contributed by atoms with van der Waals surface area (Å²) < 4.78 is 0. The minimum absolute atomic E-state index is 0.0260. The van der Waals surface area contributed by atoms with E-state index in [0.29, 0.717) is 26.2 Å². The van der Waals surface area contributed by atoms with Crippen LogP contribution in [0.1, 0.15) is 24.8 Å². The molecule has 1 aromatic rings. The van der Waals surface area contributed by atoms with Gasteiger partial charge in [0.25, 0.3) is 0 Å². The summed E-state index contributed by atoms with van der Waals surface area (Å²) >= 11 is 0. The largest absolute Gasteiger partial charge is 0.356 e. The molecule has 0 saturated carbocycles. The van der Waals surface area contributed by atoms with E-state index < -0.39 is 0 Å². The van der Waals surface area contributed by atoms with Crippen LogP contribution in [0.25, 0.3) is 0 Å². The van der Waals surface area contributed by atoms with Crippen molar-refractivity contribution >= 4 is 11.9 Å². The number of benzene rings is 1. The summed E-state index contributed by atoms with van der Waals surface area (Å²) in [6.45, 7) is 3.50. The molecule has 0 spiro atoms. The predicted octanol–water partition coefficient (Wildman–Crippen LogP) is 1.68. The van der Waals surface area contributed by atoms with Gasteiger partial charge in [-0.05, 0) is 38.4 Å². The van der Waals surface area contributed by atoms with Crippen molar-refractivity contribution in [2.45, 2.75) is 25.8 Å². The molecule has 3 amide bonds. The Kier molecular flexibility index (Phi) is 7.73. The molecule has 0 atom stereocenters. The zero-order valence-corrected chi connectivity index (χ0v) is 15.3. The molecule has 2 rings (SSSR count). The van der Waals surface area contributed by atoms with E-state index in [1.165, 1.54) is 0 Å². The zero-order valence-electron chi connectivity index (χ0n) is 15.3. The maximum absolute atomic E-state index is 12.6. The molecule has 2 N–H and O–H groups in total. The topological polar surface area (TPSA) is 64.7 Å². The number of piperidine rings is 1. The van der Waals surface area contributed by atoms with Crippen LogP contribution in [-0.4, -0.2) is 62.0 Å². The van der Waals surface area contributed by atoms with Gasteiger partial charge in [0, 0.05) is 39.1 Å². The van der Waals surface area contributed by atoms with Crippen molar-refractivity contribution in [3.8, 4) is 0 Å². The minimum Gasteiger partial charge on any atom is -0.356 e. The Morgan fingerprint density at radius 3 is 2.48 bits per heavy atom. The summed E-state index contributed by atoms with van der Waals surface area (Å²) in [6, 6.07) is 10.0. The number of hydrogen-bond donors (Lipinski definition) is 2. The third-order valence-corrected chi connectivity index (χ3v) is 4.63. The summed E-state index contributed by atoms with van der Waals surface area (Å²) in [4.78, 5) is 28.3. The van der Waals surface area contributed by atoms with Crippen molar-refractivity contribution < 1.29 is 9.59 Å². The Morgan fingerprint density at radius 2 is 1.84 bits per heavy atom. The number of hydrogen-bond acceptors (Lipinski definition) is 3. The lowest BCUT2D eigenvalue weighted by Crippen LogP contribution is -2.47. The molecule has 0 aromatic heterocycles. The molecule has 0 radical (unpaired) electrons. The van der Waals surface area contributed by atoms with E-state index >= 15 is 0 Å². The van der Waals surface area contributed by atoms with Gasteiger partial charge in [-0.15, -0.1) is 0 Å². The van der Waals surface area contributed by atoms with Gasteiger partial charge in [0.05, 0.1) is 0 Å². The Bertz CT molecular complexity index is 542. The van der Waals surface area contributed by atoms with Crippen molar-refractivity contribution in [3.63, 3.8) is 0 Å². The van der Waals surface area contributed by atoms with Crippen LogP contribution in [0.4, 0.5) is 4.79 Å². The second-order valence-electron chi connectivity index (χ2n) is 6.63. The van der Waals surface area contributed by atoms with E-state index in [0.717, 1.165) is 31.4 Å². The van der Waals surface area contributed by atoms with Crippen LogP contribution in [0.5, 0.6) is 0 Å². The molecular weight excluding hydrogens is 316 g/mol. The number of nitrogens with one attached hydrogen (secondary N) is 2. The van der Waals surface area contributed by atoms with Gasteiger partial charge < -0.3 is 20.4 Å². The molecule has 138 valence electrons. The van der Waals surface area contributed by atoms with Gasteiger partial charge in [0.2, 0.25) is 5.91 Å². The lowest BCUT2D eigenvalue weighted by molar-refractivity contribution is -0.126. The Balaban J connectivity index is 1.73. The molecule has 0 aliphatic carbocycles. The highest BCUT2D eigenvalue weighted by atomic mass is 16.2. The maximum atomic E-state index is 12.6. The van der Waals surface area contributed by atoms with Gasteiger partial charge in [-0.1, -0.05) is 30.3 Å². The molecule has 25 heavy (non-hydrogen) atoms. The quantitative estimate of drug-likeness (QED) is 0.738. The van der Waals surface area contributed by atoms with Gasteiger partial charge in [-0.2, -0.15) is 0 Å². The van der Waals surface area contributed by atoms with E-state index in [-0.39, 0.29) is 17.9 Å². The smallest absolute Gasteiger partial charge is 0.320 e. The summed E-state index contributed by atoms with van der Waals surface area (Å²) in [6.07, 6.45) is 2.41. The fourth-order valence-corrected chi connectivity index (χ4v) is 3.12. The van der Waals surface area contributed by atoms with Crippen LogP contribution in [0.3, 0.4) is 0 Å². The molecule has 1 fully saturated rings. The summed E-state index contributed by atoms with van der Waals surface area (Å²) in [7, 11) is 3.74. The van der Waals surface area contributed by atoms with Crippen molar-refractivity contribution in [1.82, 2.24) is 20.4 Å². The SMILES string of the molecule is CNCCCNC(=O)C1CCN(C(=O)N(C)Cc2ccccc2)CC1. The van der Waals surface area contributed by atoms with Crippen molar-refractivity contribution in [3.05, 3.63) is 35.9 Å². The molecule has 0 bridgehead atoms. The fraction of sp³-hybridized carbons (Fsp3) is 0.579. The molecule has 1 aromatic carbocycles. The van der Waals surface area contributed by atoms with Crippen LogP contribution >= 0.6 is 0 Å². The summed E-state index contributed by atoms with van der Waals surface area (Å²) in [5.74, 6) is 0.152. The predicted molar refractivity (Wildman–Crippen MR) is 99.2 cm³/mol. The van der Waals surface area contributed by atoms with Crippen LogP contribution in [0.2, 0.25) is 0 Å².